The summed E-state index contributed by atoms with van der Waals surface area (Å²) in [6.07, 6.45) is 7.11. The SMILES string of the molecule is Oc1ccccc1N1CCN(c2nc(-c3cccnc3)nc3sc4c(c23)CCC4)CC1. The van der Waals surface area contributed by atoms with Crippen LogP contribution in [0.3, 0.4) is 0 Å². The third kappa shape index (κ3) is 3.20. The summed E-state index contributed by atoms with van der Waals surface area (Å²) in [6, 6.07) is 11.5. The minimum atomic E-state index is 0.342. The summed E-state index contributed by atoms with van der Waals surface area (Å²) in [7, 11) is 0. The highest BCUT2D eigenvalue weighted by Gasteiger charge is 2.27. The molecule has 1 aromatic carbocycles. The van der Waals surface area contributed by atoms with Gasteiger partial charge in [-0.3, -0.25) is 4.98 Å². The first-order chi connectivity index (χ1) is 15.3. The third-order valence-electron chi connectivity index (χ3n) is 6.27. The molecule has 1 N–H and O–H groups in total. The van der Waals surface area contributed by atoms with Crippen LogP contribution in [0.2, 0.25) is 0 Å². The standard InChI is InChI=1S/C24H23N5OS/c30-19-8-2-1-7-18(19)28-11-13-29(14-12-28)23-21-17-6-3-9-20(17)31-24(21)27-22(26-23)16-5-4-10-25-15-16/h1-2,4-5,7-8,10,15,30H,3,6,9,11-14H2. The summed E-state index contributed by atoms with van der Waals surface area (Å²) < 4.78 is 0. The van der Waals surface area contributed by atoms with Crippen LogP contribution in [0.4, 0.5) is 11.5 Å². The fourth-order valence-corrected chi connectivity index (χ4v) is 5.98. The van der Waals surface area contributed by atoms with Gasteiger partial charge in [0.15, 0.2) is 5.82 Å². The molecule has 0 unspecified atom stereocenters. The number of fused-ring (bicyclic) bond motifs is 3. The van der Waals surface area contributed by atoms with Crippen LogP contribution in [0.5, 0.6) is 5.75 Å². The van der Waals surface area contributed by atoms with E-state index in [1.165, 1.54) is 22.2 Å². The molecule has 4 aromatic rings. The Hall–Kier alpha value is -3.19. The van der Waals surface area contributed by atoms with Gasteiger partial charge in [0.2, 0.25) is 0 Å². The number of nitrogens with zero attached hydrogens (tertiary/aromatic N) is 5. The first-order valence-corrected chi connectivity index (χ1v) is 11.6. The van der Waals surface area contributed by atoms with Gasteiger partial charge in [0.25, 0.3) is 0 Å². The molecule has 1 aliphatic heterocycles. The quantitative estimate of drug-likeness (QED) is 0.525. The maximum atomic E-state index is 10.2. The van der Waals surface area contributed by atoms with Crippen molar-refractivity contribution >= 4 is 33.1 Å². The summed E-state index contributed by atoms with van der Waals surface area (Å²) >= 11 is 1.83. The van der Waals surface area contributed by atoms with Crippen molar-refractivity contribution in [1.29, 1.82) is 0 Å². The predicted octanol–water partition coefficient (Wildman–Crippen LogP) is 4.27. The number of thiophene rings is 1. The van der Waals surface area contributed by atoms with Gasteiger partial charge in [-0.05, 0) is 49.1 Å². The number of anilines is 2. The highest BCUT2D eigenvalue weighted by molar-refractivity contribution is 7.19. The van der Waals surface area contributed by atoms with Gasteiger partial charge < -0.3 is 14.9 Å². The Balaban J connectivity index is 1.39. The zero-order valence-electron chi connectivity index (χ0n) is 17.2. The molecule has 3 aromatic heterocycles. The highest BCUT2D eigenvalue weighted by atomic mass is 32.1. The van der Waals surface area contributed by atoms with E-state index in [0.29, 0.717) is 5.75 Å². The minimum absolute atomic E-state index is 0.342. The summed E-state index contributed by atoms with van der Waals surface area (Å²) in [5.41, 5.74) is 3.31. The first kappa shape index (κ1) is 18.6. The van der Waals surface area contributed by atoms with Crippen LogP contribution in [0.25, 0.3) is 21.6 Å². The lowest BCUT2D eigenvalue weighted by Crippen LogP contribution is -2.47. The van der Waals surface area contributed by atoms with E-state index < -0.39 is 0 Å². The summed E-state index contributed by atoms with van der Waals surface area (Å²) in [6.45, 7) is 3.41. The molecular formula is C24H23N5OS. The normalized spacial score (nSPS) is 16.1. The zero-order chi connectivity index (χ0) is 20.8. The molecule has 0 bridgehead atoms. The Bertz CT molecular complexity index is 1250. The maximum Gasteiger partial charge on any atom is 0.164 e. The number of piperazine rings is 1. The van der Waals surface area contributed by atoms with Gasteiger partial charge in [-0.2, -0.15) is 0 Å². The zero-order valence-corrected chi connectivity index (χ0v) is 18.0. The number of pyridine rings is 1. The second-order valence-corrected chi connectivity index (χ2v) is 9.20. The van der Waals surface area contributed by atoms with E-state index >= 15 is 0 Å². The molecule has 0 saturated carbocycles. The Morgan fingerprint density at radius 1 is 0.903 bits per heavy atom. The van der Waals surface area contributed by atoms with E-state index in [2.05, 4.69) is 14.8 Å². The minimum Gasteiger partial charge on any atom is -0.506 e. The molecule has 1 fully saturated rings. The van der Waals surface area contributed by atoms with E-state index in [0.717, 1.165) is 66.7 Å². The van der Waals surface area contributed by atoms with Crippen LogP contribution in [-0.2, 0) is 12.8 Å². The van der Waals surface area contributed by atoms with E-state index in [-0.39, 0.29) is 0 Å². The molecule has 4 heterocycles. The van der Waals surface area contributed by atoms with Crippen molar-refractivity contribution in [3.63, 3.8) is 0 Å². The van der Waals surface area contributed by atoms with Gasteiger partial charge in [0, 0.05) is 49.0 Å². The molecule has 156 valence electrons. The van der Waals surface area contributed by atoms with Crippen LogP contribution in [0, 0.1) is 0 Å². The number of hydrogen-bond donors (Lipinski definition) is 1. The average molecular weight is 430 g/mol. The van der Waals surface area contributed by atoms with E-state index in [9.17, 15) is 5.11 Å². The van der Waals surface area contributed by atoms with E-state index in [1.807, 2.05) is 47.9 Å². The summed E-state index contributed by atoms with van der Waals surface area (Å²) in [5, 5.41) is 11.5. The van der Waals surface area contributed by atoms with Gasteiger partial charge in [0.05, 0.1) is 11.1 Å². The number of aryl methyl sites for hydroxylation is 2. The van der Waals surface area contributed by atoms with Crippen molar-refractivity contribution in [2.75, 3.05) is 36.0 Å². The van der Waals surface area contributed by atoms with Crippen LogP contribution >= 0.6 is 11.3 Å². The Kier molecular flexibility index (Phi) is 4.49. The van der Waals surface area contributed by atoms with Gasteiger partial charge >= 0.3 is 0 Å². The van der Waals surface area contributed by atoms with Gasteiger partial charge in [-0.1, -0.05) is 12.1 Å². The van der Waals surface area contributed by atoms with Crippen LogP contribution in [0.15, 0.2) is 48.8 Å². The second-order valence-electron chi connectivity index (χ2n) is 8.11. The summed E-state index contributed by atoms with van der Waals surface area (Å²) in [4.78, 5) is 21.5. The van der Waals surface area contributed by atoms with Crippen LogP contribution < -0.4 is 9.80 Å². The number of phenolic OH excluding ortho intramolecular Hbond substituents is 1. The van der Waals surface area contributed by atoms with Crippen molar-refractivity contribution in [1.82, 2.24) is 15.0 Å². The fraction of sp³-hybridized carbons (Fsp3) is 0.292. The molecule has 0 spiro atoms. The molecule has 6 rings (SSSR count). The van der Waals surface area contributed by atoms with Gasteiger partial charge in [-0.15, -0.1) is 11.3 Å². The fourth-order valence-electron chi connectivity index (χ4n) is 4.72. The van der Waals surface area contributed by atoms with Crippen molar-refractivity contribution < 1.29 is 5.11 Å². The lowest BCUT2D eigenvalue weighted by molar-refractivity contribution is 0.472. The molecule has 6 nitrogen and oxygen atoms in total. The molecule has 0 amide bonds. The lowest BCUT2D eigenvalue weighted by Gasteiger charge is -2.37. The Morgan fingerprint density at radius 3 is 2.55 bits per heavy atom. The summed E-state index contributed by atoms with van der Waals surface area (Å²) in [5.74, 6) is 2.15. The molecule has 0 radical (unpaired) electrons. The molecule has 1 saturated heterocycles. The number of hydrogen-bond acceptors (Lipinski definition) is 7. The van der Waals surface area contributed by atoms with Crippen molar-refractivity contribution in [2.45, 2.75) is 19.3 Å². The largest absolute Gasteiger partial charge is 0.506 e. The molecule has 2 aliphatic rings. The first-order valence-electron chi connectivity index (χ1n) is 10.8. The number of aromatic hydroxyl groups is 1. The van der Waals surface area contributed by atoms with Crippen LogP contribution in [0.1, 0.15) is 16.9 Å². The Labute approximate surface area is 184 Å². The van der Waals surface area contributed by atoms with Crippen LogP contribution in [-0.4, -0.2) is 46.2 Å². The topological polar surface area (TPSA) is 65.4 Å². The predicted molar refractivity (Wildman–Crippen MR) is 125 cm³/mol. The van der Waals surface area contributed by atoms with Gasteiger partial charge in [0.1, 0.15) is 16.4 Å². The second kappa shape index (κ2) is 7.50. The number of rotatable bonds is 3. The number of aromatic nitrogens is 3. The average Bonchev–Trinajstić information content (AvgIpc) is 3.41. The number of phenols is 1. The number of para-hydroxylation sites is 2. The van der Waals surface area contributed by atoms with Crippen molar-refractivity contribution in [3.05, 3.63) is 59.2 Å². The van der Waals surface area contributed by atoms with E-state index in [4.69, 9.17) is 9.97 Å². The van der Waals surface area contributed by atoms with Crippen molar-refractivity contribution in [2.24, 2.45) is 0 Å². The maximum absolute atomic E-state index is 10.2. The monoisotopic (exact) mass is 429 g/mol. The van der Waals surface area contributed by atoms with Gasteiger partial charge in [-0.25, -0.2) is 9.97 Å². The smallest absolute Gasteiger partial charge is 0.164 e. The molecular weight excluding hydrogens is 406 g/mol. The third-order valence-corrected chi connectivity index (χ3v) is 7.45. The molecule has 7 heteroatoms. The Morgan fingerprint density at radius 2 is 1.74 bits per heavy atom. The number of benzene rings is 1. The molecule has 31 heavy (non-hydrogen) atoms. The lowest BCUT2D eigenvalue weighted by atomic mass is 10.1. The highest BCUT2D eigenvalue weighted by Crippen LogP contribution is 2.42. The van der Waals surface area contributed by atoms with Crippen molar-refractivity contribution in [3.8, 4) is 17.1 Å². The molecule has 0 atom stereocenters. The molecule has 1 aliphatic carbocycles. The van der Waals surface area contributed by atoms with E-state index in [1.54, 1.807) is 12.3 Å².